The first kappa shape index (κ1) is 12.9. The van der Waals surface area contributed by atoms with Gasteiger partial charge in [-0.2, -0.15) is 8.42 Å². The molecule has 0 spiro atoms. The van der Waals surface area contributed by atoms with Crippen LogP contribution in [0.1, 0.15) is 5.69 Å². The number of aromatic nitrogens is 3. The smallest absolute Gasteiger partial charge is 0.281 e. The van der Waals surface area contributed by atoms with Gasteiger partial charge in [-0.05, 0) is 19.1 Å². The molecule has 3 rings (SSSR count). The predicted molar refractivity (Wildman–Crippen MR) is 77.3 cm³/mol. The van der Waals surface area contributed by atoms with Gasteiger partial charge in [-0.25, -0.2) is 4.98 Å². The molecule has 0 fully saturated rings. The normalized spacial score (nSPS) is 11.8. The molecule has 3 aromatic rings. The van der Waals surface area contributed by atoms with E-state index in [-0.39, 0.29) is 10.8 Å². The van der Waals surface area contributed by atoms with Gasteiger partial charge < -0.3 is 5.73 Å². The lowest BCUT2D eigenvalue weighted by molar-refractivity contribution is 0.597. The van der Waals surface area contributed by atoms with E-state index in [0.29, 0.717) is 10.6 Å². The number of pyridine rings is 1. The van der Waals surface area contributed by atoms with Crippen LogP contribution < -0.4 is 10.5 Å². The molecule has 3 aromatic heterocycles. The lowest BCUT2D eigenvalue weighted by atomic mass is 10.4. The van der Waals surface area contributed by atoms with E-state index in [9.17, 15) is 8.42 Å². The van der Waals surface area contributed by atoms with Crippen LogP contribution in [0.4, 0.5) is 11.5 Å². The Morgan fingerprint density at radius 2 is 2.20 bits per heavy atom. The monoisotopic (exact) mass is 309 g/mol. The fourth-order valence-electron chi connectivity index (χ4n) is 1.78. The minimum Gasteiger partial charge on any atom is -0.381 e. The van der Waals surface area contributed by atoms with E-state index in [2.05, 4.69) is 14.7 Å². The van der Waals surface area contributed by atoms with Crippen LogP contribution in [0.2, 0.25) is 0 Å². The lowest BCUT2D eigenvalue weighted by Crippen LogP contribution is -2.16. The van der Waals surface area contributed by atoms with E-state index in [1.165, 1.54) is 21.9 Å². The molecule has 0 aromatic carbocycles. The molecule has 0 saturated heterocycles. The number of aryl methyl sites for hydroxylation is 1. The molecular weight excluding hydrogens is 298 g/mol. The molecule has 0 saturated carbocycles. The van der Waals surface area contributed by atoms with Crippen molar-refractivity contribution < 1.29 is 8.42 Å². The van der Waals surface area contributed by atoms with Gasteiger partial charge in [0, 0.05) is 17.3 Å². The Hall–Kier alpha value is -2.13. The summed E-state index contributed by atoms with van der Waals surface area (Å²) in [7, 11) is -3.82. The number of anilines is 2. The average Bonchev–Trinajstić information content (AvgIpc) is 2.91. The molecule has 20 heavy (non-hydrogen) atoms. The van der Waals surface area contributed by atoms with E-state index in [4.69, 9.17) is 5.73 Å². The number of sulfonamides is 1. The maximum atomic E-state index is 12.4. The Kier molecular flexibility index (Phi) is 2.87. The minimum atomic E-state index is -3.82. The second kappa shape index (κ2) is 4.46. The van der Waals surface area contributed by atoms with Crippen LogP contribution in [-0.4, -0.2) is 22.8 Å². The van der Waals surface area contributed by atoms with Gasteiger partial charge in [0.15, 0.2) is 10.8 Å². The standard InChI is InChI=1S/C11H11N5O2S2/c1-7-2-3-8(6-13-7)15-20(17,18)10-9(12)14-11-16(10)4-5-19-11/h2-6,15H,12H2,1H3. The zero-order valence-electron chi connectivity index (χ0n) is 10.4. The van der Waals surface area contributed by atoms with Crippen LogP contribution in [0.5, 0.6) is 0 Å². The van der Waals surface area contributed by atoms with Crippen LogP contribution in [0.15, 0.2) is 34.9 Å². The highest BCUT2D eigenvalue weighted by molar-refractivity contribution is 7.92. The Morgan fingerprint density at radius 1 is 1.40 bits per heavy atom. The Labute approximate surface area is 119 Å². The summed E-state index contributed by atoms with van der Waals surface area (Å²) in [6.45, 7) is 1.82. The number of hydrogen-bond acceptors (Lipinski definition) is 6. The van der Waals surface area contributed by atoms with Crippen LogP contribution in [0.3, 0.4) is 0 Å². The second-order valence-electron chi connectivity index (χ2n) is 4.15. The molecule has 7 nitrogen and oxygen atoms in total. The summed E-state index contributed by atoms with van der Waals surface area (Å²) in [5.41, 5.74) is 6.88. The summed E-state index contributed by atoms with van der Waals surface area (Å²) >= 11 is 1.31. The number of nitrogens with zero attached hydrogens (tertiary/aromatic N) is 3. The second-order valence-corrected chi connectivity index (χ2v) is 6.62. The molecule has 0 bridgehead atoms. The summed E-state index contributed by atoms with van der Waals surface area (Å²) in [5.74, 6) is -0.0237. The highest BCUT2D eigenvalue weighted by Gasteiger charge is 2.24. The van der Waals surface area contributed by atoms with Gasteiger partial charge in [-0.3, -0.25) is 14.1 Å². The Balaban J connectivity index is 2.05. The third kappa shape index (κ3) is 2.10. The summed E-state index contributed by atoms with van der Waals surface area (Å²) in [4.78, 5) is 8.59. The van der Waals surface area contributed by atoms with Crippen molar-refractivity contribution >= 4 is 37.8 Å². The molecule has 104 valence electrons. The van der Waals surface area contributed by atoms with Crippen molar-refractivity contribution in [1.29, 1.82) is 0 Å². The largest absolute Gasteiger partial charge is 0.381 e. The number of nitrogens with two attached hydrogens (primary N) is 1. The molecular formula is C11H11N5O2S2. The third-order valence-electron chi connectivity index (χ3n) is 2.66. The van der Waals surface area contributed by atoms with Gasteiger partial charge in [-0.1, -0.05) is 0 Å². The van der Waals surface area contributed by atoms with Crippen molar-refractivity contribution in [3.63, 3.8) is 0 Å². The van der Waals surface area contributed by atoms with Crippen molar-refractivity contribution in [3.8, 4) is 0 Å². The quantitative estimate of drug-likeness (QED) is 0.763. The zero-order valence-corrected chi connectivity index (χ0v) is 12.1. The molecule has 3 heterocycles. The number of nitrogen functional groups attached to an aromatic ring is 1. The summed E-state index contributed by atoms with van der Waals surface area (Å²) in [5, 5.41) is 1.68. The van der Waals surface area contributed by atoms with Gasteiger partial charge in [0.05, 0.1) is 11.9 Å². The molecule has 0 unspecified atom stereocenters. The van der Waals surface area contributed by atoms with Gasteiger partial charge in [0.1, 0.15) is 0 Å². The third-order valence-corrected chi connectivity index (χ3v) is 4.84. The number of rotatable bonds is 3. The molecule has 0 aliphatic carbocycles. The molecule has 3 N–H and O–H groups in total. The van der Waals surface area contributed by atoms with E-state index in [1.807, 2.05) is 6.92 Å². The number of nitrogens with one attached hydrogen (secondary N) is 1. The van der Waals surface area contributed by atoms with Gasteiger partial charge in [0.2, 0.25) is 5.03 Å². The lowest BCUT2D eigenvalue weighted by Gasteiger charge is -2.07. The van der Waals surface area contributed by atoms with Crippen molar-refractivity contribution in [2.75, 3.05) is 10.5 Å². The number of fused-ring (bicyclic) bond motifs is 1. The zero-order chi connectivity index (χ0) is 14.3. The molecule has 0 aliphatic rings. The summed E-state index contributed by atoms with van der Waals surface area (Å²) in [6, 6.07) is 3.36. The Bertz CT molecular complexity index is 864. The molecule has 0 aliphatic heterocycles. The summed E-state index contributed by atoms with van der Waals surface area (Å²) in [6.07, 6.45) is 3.07. The fourth-order valence-corrected chi connectivity index (χ4v) is 3.81. The van der Waals surface area contributed by atoms with E-state index in [0.717, 1.165) is 5.69 Å². The van der Waals surface area contributed by atoms with Crippen LogP contribution >= 0.6 is 11.3 Å². The van der Waals surface area contributed by atoms with Crippen LogP contribution in [-0.2, 0) is 10.0 Å². The first-order chi connectivity index (χ1) is 9.47. The van der Waals surface area contributed by atoms with Gasteiger partial charge in [0.25, 0.3) is 10.0 Å². The van der Waals surface area contributed by atoms with Gasteiger partial charge >= 0.3 is 0 Å². The van der Waals surface area contributed by atoms with Crippen molar-refractivity contribution in [2.24, 2.45) is 0 Å². The highest BCUT2D eigenvalue weighted by Crippen LogP contribution is 2.25. The molecule has 9 heteroatoms. The Morgan fingerprint density at radius 3 is 2.90 bits per heavy atom. The maximum absolute atomic E-state index is 12.4. The topological polar surface area (TPSA) is 102 Å². The van der Waals surface area contributed by atoms with Crippen LogP contribution in [0, 0.1) is 6.92 Å². The van der Waals surface area contributed by atoms with E-state index < -0.39 is 10.0 Å². The molecule has 0 radical (unpaired) electrons. The van der Waals surface area contributed by atoms with E-state index in [1.54, 1.807) is 23.7 Å². The number of thiazole rings is 1. The van der Waals surface area contributed by atoms with E-state index >= 15 is 0 Å². The molecule has 0 atom stereocenters. The summed E-state index contributed by atoms with van der Waals surface area (Å²) < 4.78 is 28.7. The van der Waals surface area contributed by atoms with Crippen LogP contribution in [0.25, 0.3) is 4.96 Å². The first-order valence-electron chi connectivity index (χ1n) is 5.64. The fraction of sp³-hybridized carbons (Fsp3) is 0.0909. The average molecular weight is 309 g/mol. The van der Waals surface area contributed by atoms with Crippen molar-refractivity contribution in [2.45, 2.75) is 11.9 Å². The number of hydrogen-bond donors (Lipinski definition) is 2. The SMILES string of the molecule is Cc1ccc(NS(=O)(=O)c2c(N)nc3sccn23)cn1. The number of imidazole rings is 1. The maximum Gasteiger partial charge on any atom is 0.281 e. The first-order valence-corrected chi connectivity index (χ1v) is 8.00. The van der Waals surface area contributed by atoms with Crippen molar-refractivity contribution in [1.82, 2.24) is 14.4 Å². The molecule has 0 amide bonds. The van der Waals surface area contributed by atoms with Crippen molar-refractivity contribution in [3.05, 3.63) is 35.6 Å². The predicted octanol–water partition coefficient (Wildman–Crippen LogP) is 1.48. The van der Waals surface area contributed by atoms with Gasteiger partial charge in [-0.15, -0.1) is 11.3 Å². The minimum absolute atomic E-state index is 0.0237. The highest BCUT2D eigenvalue weighted by atomic mass is 32.2.